The summed E-state index contributed by atoms with van der Waals surface area (Å²) in [5, 5.41) is 3.30. The Morgan fingerprint density at radius 1 is 1.43 bits per heavy atom. The first kappa shape index (κ1) is 11.7. The Morgan fingerprint density at radius 3 is 2.64 bits per heavy atom. The molecular weight excluding hydrogens is 174 g/mol. The number of rotatable bonds is 5. The predicted molar refractivity (Wildman–Crippen MR) is 59.3 cm³/mol. The first-order valence-electron chi connectivity index (χ1n) is 6.01. The SMILES string of the molecule is CCC(CC)CC(=O)C1CCCNC1. The third kappa shape index (κ3) is 3.41. The largest absolute Gasteiger partial charge is 0.316 e. The third-order valence-corrected chi connectivity index (χ3v) is 3.40. The van der Waals surface area contributed by atoms with Crippen LogP contribution in [-0.2, 0) is 4.79 Å². The summed E-state index contributed by atoms with van der Waals surface area (Å²) >= 11 is 0. The maximum atomic E-state index is 11.9. The number of hydrogen-bond acceptors (Lipinski definition) is 2. The van der Waals surface area contributed by atoms with Crippen LogP contribution < -0.4 is 5.32 Å². The molecule has 0 aliphatic carbocycles. The standard InChI is InChI=1S/C12H23NO/c1-3-10(4-2)8-12(14)11-6-5-7-13-9-11/h10-11,13H,3-9H2,1-2H3. The van der Waals surface area contributed by atoms with Gasteiger partial charge in [-0.05, 0) is 25.3 Å². The van der Waals surface area contributed by atoms with Crippen molar-refractivity contribution >= 4 is 5.78 Å². The van der Waals surface area contributed by atoms with Crippen molar-refractivity contribution in [2.75, 3.05) is 13.1 Å². The van der Waals surface area contributed by atoms with Crippen LogP contribution >= 0.6 is 0 Å². The summed E-state index contributed by atoms with van der Waals surface area (Å²) < 4.78 is 0. The molecule has 1 fully saturated rings. The van der Waals surface area contributed by atoms with Crippen LogP contribution in [0.4, 0.5) is 0 Å². The molecule has 2 nitrogen and oxygen atoms in total. The summed E-state index contributed by atoms with van der Waals surface area (Å²) in [7, 11) is 0. The van der Waals surface area contributed by atoms with Gasteiger partial charge in [-0.2, -0.15) is 0 Å². The second kappa shape index (κ2) is 6.18. The first-order chi connectivity index (χ1) is 6.77. The summed E-state index contributed by atoms with van der Waals surface area (Å²) in [6.07, 6.45) is 5.36. The van der Waals surface area contributed by atoms with E-state index in [1.54, 1.807) is 0 Å². The van der Waals surface area contributed by atoms with Crippen molar-refractivity contribution in [2.24, 2.45) is 11.8 Å². The van der Waals surface area contributed by atoms with Crippen molar-refractivity contribution in [3.05, 3.63) is 0 Å². The van der Waals surface area contributed by atoms with Crippen molar-refractivity contribution in [3.63, 3.8) is 0 Å². The van der Waals surface area contributed by atoms with E-state index in [1.165, 1.54) is 6.42 Å². The number of Topliss-reactive ketones (excluding diaryl/α,β-unsaturated/α-hetero) is 1. The highest BCUT2D eigenvalue weighted by Crippen LogP contribution is 2.19. The zero-order chi connectivity index (χ0) is 10.4. The molecular formula is C12H23NO. The van der Waals surface area contributed by atoms with E-state index in [-0.39, 0.29) is 0 Å². The number of nitrogens with one attached hydrogen (secondary N) is 1. The highest BCUT2D eigenvalue weighted by atomic mass is 16.1. The van der Waals surface area contributed by atoms with Crippen molar-refractivity contribution < 1.29 is 4.79 Å². The number of carbonyl (C=O) groups is 1. The molecule has 0 spiro atoms. The molecule has 0 aromatic carbocycles. The van der Waals surface area contributed by atoms with Gasteiger partial charge in [0.2, 0.25) is 0 Å². The molecule has 0 saturated carbocycles. The van der Waals surface area contributed by atoms with E-state index >= 15 is 0 Å². The molecule has 14 heavy (non-hydrogen) atoms. The molecule has 1 rings (SSSR count). The highest BCUT2D eigenvalue weighted by molar-refractivity contribution is 5.81. The number of hydrogen-bond donors (Lipinski definition) is 1. The Hall–Kier alpha value is -0.370. The van der Waals surface area contributed by atoms with E-state index in [0.29, 0.717) is 17.6 Å². The summed E-state index contributed by atoms with van der Waals surface area (Å²) in [4.78, 5) is 11.9. The van der Waals surface area contributed by atoms with E-state index < -0.39 is 0 Å². The van der Waals surface area contributed by atoms with Crippen LogP contribution in [0, 0.1) is 11.8 Å². The van der Waals surface area contributed by atoms with Crippen molar-refractivity contribution in [1.82, 2.24) is 5.32 Å². The minimum absolute atomic E-state index is 0.310. The zero-order valence-corrected chi connectivity index (χ0v) is 9.51. The number of carbonyl (C=O) groups excluding carboxylic acids is 1. The molecule has 1 unspecified atom stereocenters. The second-order valence-electron chi connectivity index (χ2n) is 4.40. The van der Waals surface area contributed by atoms with Crippen molar-refractivity contribution in [1.29, 1.82) is 0 Å². The van der Waals surface area contributed by atoms with Gasteiger partial charge in [0.05, 0.1) is 0 Å². The van der Waals surface area contributed by atoms with Gasteiger partial charge in [0.15, 0.2) is 0 Å². The molecule has 0 bridgehead atoms. The molecule has 2 heteroatoms. The van der Waals surface area contributed by atoms with E-state index in [1.807, 2.05) is 0 Å². The molecule has 1 saturated heterocycles. The Balaban J connectivity index is 2.32. The van der Waals surface area contributed by atoms with Gasteiger partial charge in [-0.3, -0.25) is 4.79 Å². The Morgan fingerprint density at radius 2 is 2.14 bits per heavy atom. The van der Waals surface area contributed by atoms with E-state index in [4.69, 9.17) is 0 Å². The fraction of sp³-hybridized carbons (Fsp3) is 0.917. The van der Waals surface area contributed by atoms with Gasteiger partial charge in [0.25, 0.3) is 0 Å². The maximum absolute atomic E-state index is 11.9. The molecule has 0 amide bonds. The van der Waals surface area contributed by atoms with Crippen LogP contribution in [0.5, 0.6) is 0 Å². The molecule has 1 atom stereocenters. The lowest BCUT2D eigenvalue weighted by molar-refractivity contribution is -0.124. The van der Waals surface area contributed by atoms with Gasteiger partial charge in [-0.1, -0.05) is 26.7 Å². The predicted octanol–water partition coefficient (Wildman–Crippen LogP) is 2.38. The molecule has 1 aliphatic heterocycles. The van der Waals surface area contributed by atoms with Gasteiger partial charge in [0.1, 0.15) is 5.78 Å². The highest BCUT2D eigenvalue weighted by Gasteiger charge is 2.22. The molecule has 0 aromatic rings. The minimum Gasteiger partial charge on any atom is -0.316 e. The quantitative estimate of drug-likeness (QED) is 0.733. The molecule has 0 radical (unpaired) electrons. The fourth-order valence-corrected chi connectivity index (χ4v) is 2.16. The summed E-state index contributed by atoms with van der Waals surface area (Å²) in [6, 6.07) is 0. The summed E-state index contributed by atoms with van der Waals surface area (Å²) in [6.45, 7) is 6.37. The molecule has 0 aromatic heterocycles. The Labute approximate surface area is 87.5 Å². The summed E-state index contributed by atoms with van der Waals surface area (Å²) in [5.41, 5.74) is 0. The minimum atomic E-state index is 0.310. The van der Waals surface area contributed by atoms with Crippen molar-refractivity contribution in [3.8, 4) is 0 Å². The maximum Gasteiger partial charge on any atom is 0.137 e. The number of piperidine rings is 1. The van der Waals surface area contributed by atoms with Crippen molar-refractivity contribution in [2.45, 2.75) is 46.0 Å². The Bertz CT molecular complexity index is 169. The first-order valence-corrected chi connectivity index (χ1v) is 6.01. The molecule has 1 N–H and O–H groups in total. The van der Waals surface area contributed by atoms with Gasteiger partial charge >= 0.3 is 0 Å². The van der Waals surface area contributed by atoms with Crippen LogP contribution in [0.25, 0.3) is 0 Å². The van der Waals surface area contributed by atoms with E-state index in [2.05, 4.69) is 19.2 Å². The third-order valence-electron chi connectivity index (χ3n) is 3.40. The van der Waals surface area contributed by atoms with Gasteiger partial charge < -0.3 is 5.32 Å². The van der Waals surface area contributed by atoms with Crippen LogP contribution in [0.15, 0.2) is 0 Å². The lowest BCUT2D eigenvalue weighted by atomic mass is 9.87. The average Bonchev–Trinajstić information content (AvgIpc) is 2.26. The van der Waals surface area contributed by atoms with E-state index in [9.17, 15) is 4.79 Å². The lowest BCUT2D eigenvalue weighted by Gasteiger charge is -2.23. The molecule has 82 valence electrons. The smallest absolute Gasteiger partial charge is 0.137 e. The molecule has 1 heterocycles. The lowest BCUT2D eigenvalue weighted by Crippen LogP contribution is -2.35. The fourth-order valence-electron chi connectivity index (χ4n) is 2.16. The van der Waals surface area contributed by atoms with Crippen LogP contribution in [0.3, 0.4) is 0 Å². The van der Waals surface area contributed by atoms with Gasteiger partial charge in [0, 0.05) is 18.9 Å². The normalized spacial score (nSPS) is 22.6. The van der Waals surface area contributed by atoms with Crippen LogP contribution in [0.2, 0.25) is 0 Å². The topological polar surface area (TPSA) is 29.1 Å². The molecule has 1 aliphatic rings. The Kier molecular flexibility index (Phi) is 5.16. The van der Waals surface area contributed by atoms with E-state index in [0.717, 1.165) is 38.8 Å². The number of ketones is 1. The average molecular weight is 197 g/mol. The van der Waals surface area contributed by atoms with Gasteiger partial charge in [-0.25, -0.2) is 0 Å². The zero-order valence-electron chi connectivity index (χ0n) is 9.51. The monoisotopic (exact) mass is 197 g/mol. The van der Waals surface area contributed by atoms with Crippen LogP contribution in [0.1, 0.15) is 46.0 Å². The van der Waals surface area contributed by atoms with Gasteiger partial charge in [-0.15, -0.1) is 0 Å². The van der Waals surface area contributed by atoms with Crippen LogP contribution in [-0.4, -0.2) is 18.9 Å². The second-order valence-corrected chi connectivity index (χ2v) is 4.40. The summed E-state index contributed by atoms with van der Waals surface area (Å²) in [5.74, 6) is 1.42.